The van der Waals surface area contributed by atoms with Crippen LogP contribution in [0, 0.1) is 6.92 Å². The zero-order valence-electron chi connectivity index (χ0n) is 10.7. The number of ether oxygens (including phenoxy) is 1. The summed E-state index contributed by atoms with van der Waals surface area (Å²) in [4.78, 5) is 0. The lowest BCUT2D eigenvalue weighted by Gasteiger charge is -2.09. The Kier molecular flexibility index (Phi) is 3.64. The van der Waals surface area contributed by atoms with E-state index in [1.165, 1.54) is 0 Å². The largest absolute Gasteiger partial charge is 0.496 e. The van der Waals surface area contributed by atoms with Gasteiger partial charge in [-0.1, -0.05) is 11.6 Å². The number of benzene rings is 1. The molecule has 1 heterocycles. The van der Waals surface area contributed by atoms with Crippen LogP contribution < -0.4 is 10.5 Å². The molecule has 1 aromatic heterocycles. The Balaban J connectivity index is 2.51. The second-order valence-corrected chi connectivity index (χ2v) is 4.70. The molecule has 4 heteroatoms. The van der Waals surface area contributed by atoms with Crippen LogP contribution in [0.25, 0.3) is 11.3 Å². The maximum Gasteiger partial charge on any atom is 0.138 e. The van der Waals surface area contributed by atoms with Crippen LogP contribution in [-0.2, 0) is 0 Å². The molecule has 0 aliphatic carbocycles. The van der Waals surface area contributed by atoms with Crippen molar-refractivity contribution in [2.45, 2.75) is 19.9 Å². The Morgan fingerprint density at radius 2 is 2.06 bits per heavy atom. The second kappa shape index (κ2) is 5.04. The van der Waals surface area contributed by atoms with Crippen molar-refractivity contribution in [2.24, 2.45) is 5.73 Å². The van der Waals surface area contributed by atoms with Crippen LogP contribution in [0.3, 0.4) is 0 Å². The molecule has 1 aromatic carbocycles. The van der Waals surface area contributed by atoms with Crippen molar-refractivity contribution >= 4 is 11.6 Å². The van der Waals surface area contributed by atoms with Crippen LogP contribution in [0.4, 0.5) is 0 Å². The van der Waals surface area contributed by atoms with Crippen molar-refractivity contribution in [3.8, 4) is 17.1 Å². The van der Waals surface area contributed by atoms with E-state index in [0.717, 1.165) is 22.6 Å². The summed E-state index contributed by atoms with van der Waals surface area (Å²) in [5.41, 5.74) is 7.64. The van der Waals surface area contributed by atoms with E-state index < -0.39 is 0 Å². The van der Waals surface area contributed by atoms with E-state index in [-0.39, 0.29) is 6.04 Å². The molecule has 0 fully saturated rings. The van der Waals surface area contributed by atoms with E-state index in [9.17, 15) is 0 Å². The van der Waals surface area contributed by atoms with Gasteiger partial charge in [0.25, 0.3) is 0 Å². The smallest absolute Gasteiger partial charge is 0.138 e. The summed E-state index contributed by atoms with van der Waals surface area (Å²) in [6.07, 6.45) is 0. The molecule has 0 amide bonds. The quantitative estimate of drug-likeness (QED) is 0.914. The Morgan fingerprint density at radius 1 is 1.33 bits per heavy atom. The van der Waals surface area contributed by atoms with Gasteiger partial charge in [-0.3, -0.25) is 0 Å². The van der Waals surface area contributed by atoms with Crippen molar-refractivity contribution in [1.29, 1.82) is 0 Å². The van der Waals surface area contributed by atoms with Gasteiger partial charge in [0.15, 0.2) is 0 Å². The second-order valence-electron chi connectivity index (χ2n) is 4.29. The average Bonchev–Trinajstić information content (AvgIpc) is 2.81. The van der Waals surface area contributed by atoms with Crippen LogP contribution in [0.1, 0.15) is 24.3 Å². The Morgan fingerprint density at radius 3 is 2.61 bits per heavy atom. The number of halogens is 1. The molecule has 0 bridgehead atoms. The van der Waals surface area contributed by atoms with Gasteiger partial charge in [-0.05, 0) is 43.7 Å². The predicted octanol–water partition coefficient (Wildman–Crippen LogP) is 3.94. The maximum absolute atomic E-state index is 6.08. The van der Waals surface area contributed by atoms with E-state index in [1.807, 2.05) is 32.0 Å². The van der Waals surface area contributed by atoms with Gasteiger partial charge in [-0.15, -0.1) is 0 Å². The molecule has 0 aliphatic heterocycles. The molecule has 2 N–H and O–H groups in total. The average molecular weight is 266 g/mol. The number of nitrogens with two attached hydrogens (primary N) is 1. The summed E-state index contributed by atoms with van der Waals surface area (Å²) in [6, 6.07) is 7.39. The summed E-state index contributed by atoms with van der Waals surface area (Å²) < 4.78 is 11.1. The highest BCUT2D eigenvalue weighted by atomic mass is 35.5. The monoisotopic (exact) mass is 265 g/mol. The lowest BCUT2D eigenvalue weighted by atomic mass is 10.1. The summed E-state index contributed by atoms with van der Waals surface area (Å²) in [5.74, 6) is 2.18. The standard InChI is InChI=1S/C14H16ClNO2/c1-8-6-10(14(17-3)7-11(8)15)13-5-4-12(18-13)9(2)16/h4-7,9H,16H2,1-3H3. The van der Waals surface area contributed by atoms with Crippen LogP contribution in [0.2, 0.25) is 5.02 Å². The van der Waals surface area contributed by atoms with Gasteiger partial charge < -0.3 is 14.9 Å². The third kappa shape index (κ3) is 2.37. The van der Waals surface area contributed by atoms with Crippen molar-refractivity contribution < 1.29 is 9.15 Å². The van der Waals surface area contributed by atoms with E-state index >= 15 is 0 Å². The highest BCUT2D eigenvalue weighted by molar-refractivity contribution is 6.31. The van der Waals surface area contributed by atoms with Gasteiger partial charge in [-0.2, -0.15) is 0 Å². The van der Waals surface area contributed by atoms with Gasteiger partial charge in [0.2, 0.25) is 0 Å². The molecular formula is C14H16ClNO2. The Bertz CT molecular complexity index is 561. The molecule has 96 valence electrons. The molecule has 0 saturated carbocycles. The first-order valence-corrected chi connectivity index (χ1v) is 6.10. The molecule has 0 spiro atoms. The summed E-state index contributed by atoms with van der Waals surface area (Å²) >= 11 is 6.08. The molecule has 2 aromatic rings. The summed E-state index contributed by atoms with van der Waals surface area (Å²) in [7, 11) is 1.61. The molecule has 3 nitrogen and oxygen atoms in total. The Labute approximate surface area is 111 Å². The number of furan rings is 1. The number of hydrogen-bond acceptors (Lipinski definition) is 3. The van der Waals surface area contributed by atoms with Gasteiger partial charge in [0, 0.05) is 5.02 Å². The van der Waals surface area contributed by atoms with E-state index in [0.29, 0.717) is 10.8 Å². The van der Waals surface area contributed by atoms with Crippen LogP contribution >= 0.6 is 11.6 Å². The number of methoxy groups -OCH3 is 1. The first-order valence-electron chi connectivity index (χ1n) is 5.72. The van der Waals surface area contributed by atoms with Gasteiger partial charge >= 0.3 is 0 Å². The fourth-order valence-electron chi connectivity index (χ4n) is 1.77. The lowest BCUT2D eigenvalue weighted by molar-refractivity contribution is 0.413. The first kappa shape index (κ1) is 13.0. The predicted molar refractivity (Wildman–Crippen MR) is 73.0 cm³/mol. The zero-order chi connectivity index (χ0) is 13.3. The number of rotatable bonds is 3. The maximum atomic E-state index is 6.08. The van der Waals surface area contributed by atoms with Crippen molar-refractivity contribution in [2.75, 3.05) is 7.11 Å². The molecule has 0 saturated heterocycles. The van der Waals surface area contributed by atoms with Crippen LogP contribution in [-0.4, -0.2) is 7.11 Å². The van der Waals surface area contributed by atoms with Crippen molar-refractivity contribution in [3.63, 3.8) is 0 Å². The molecule has 1 atom stereocenters. The van der Waals surface area contributed by atoms with Gasteiger partial charge in [0.1, 0.15) is 17.3 Å². The molecule has 18 heavy (non-hydrogen) atoms. The third-order valence-corrected chi connectivity index (χ3v) is 3.23. The van der Waals surface area contributed by atoms with Crippen LogP contribution in [0.5, 0.6) is 5.75 Å². The van der Waals surface area contributed by atoms with E-state index in [1.54, 1.807) is 13.2 Å². The third-order valence-electron chi connectivity index (χ3n) is 2.82. The van der Waals surface area contributed by atoms with E-state index in [4.69, 9.17) is 26.5 Å². The minimum atomic E-state index is -0.127. The fourth-order valence-corrected chi connectivity index (χ4v) is 1.92. The Hall–Kier alpha value is -1.45. The van der Waals surface area contributed by atoms with Crippen molar-refractivity contribution in [3.05, 3.63) is 40.6 Å². The number of hydrogen-bond donors (Lipinski definition) is 1. The fraction of sp³-hybridized carbons (Fsp3) is 0.286. The molecule has 0 aliphatic rings. The number of aryl methyl sites for hydroxylation is 1. The molecule has 1 unspecified atom stereocenters. The minimum absolute atomic E-state index is 0.127. The van der Waals surface area contributed by atoms with Gasteiger partial charge in [-0.25, -0.2) is 0 Å². The molecule has 0 radical (unpaired) electrons. The topological polar surface area (TPSA) is 48.4 Å². The highest BCUT2D eigenvalue weighted by Crippen LogP contribution is 2.36. The normalized spacial score (nSPS) is 12.5. The molecule has 2 rings (SSSR count). The molecular weight excluding hydrogens is 250 g/mol. The highest BCUT2D eigenvalue weighted by Gasteiger charge is 2.14. The van der Waals surface area contributed by atoms with E-state index in [2.05, 4.69) is 0 Å². The lowest BCUT2D eigenvalue weighted by Crippen LogP contribution is -2.02. The zero-order valence-corrected chi connectivity index (χ0v) is 11.4. The summed E-state index contributed by atoms with van der Waals surface area (Å²) in [6.45, 7) is 3.83. The van der Waals surface area contributed by atoms with Gasteiger partial charge in [0.05, 0.1) is 18.7 Å². The van der Waals surface area contributed by atoms with Crippen LogP contribution in [0.15, 0.2) is 28.7 Å². The minimum Gasteiger partial charge on any atom is -0.496 e. The first-order chi connectivity index (χ1) is 8.52. The SMILES string of the molecule is COc1cc(Cl)c(C)cc1-c1ccc(C(C)N)o1. The summed E-state index contributed by atoms with van der Waals surface area (Å²) in [5, 5.41) is 0.676. The van der Waals surface area contributed by atoms with Crippen molar-refractivity contribution in [1.82, 2.24) is 0 Å².